The van der Waals surface area contributed by atoms with Gasteiger partial charge in [-0.1, -0.05) is 5.16 Å². The van der Waals surface area contributed by atoms with Crippen LogP contribution in [0.25, 0.3) is 0 Å². The van der Waals surface area contributed by atoms with Crippen LogP contribution in [0.3, 0.4) is 0 Å². The van der Waals surface area contributed by atoms with Crippen LogP contribution < -0.4 is 5.32 Å². The Hall–Kier alpha value is -1.63. The predicted octanol–water partition coefficient (Wildman–Crippen LogP) is -0.964. The Kier molecular flexibility index (Phi) is 3.28. The van der Waals surface area contributed by atoms with Gasteiger partial charge in [0.05, 0.1) is 0 Å². The van der Waals surface area contributed by atoms with Gasteiger partial charge < -0.3 is 20.2 Å². The van der Waals surface area contributed by atoms with E-state index in [1.807, 2.05) is 7.05 Å². The summed E-state index contributed by atoms with van der Waals surface area (Å²) < 4.78 is 0. The van der Waals surface area contributed by atoms with Gasteiger partial charge in [-0.25, -0.2) is 4.79 Å². The largest absolute Gasteiger partial charge is 0.477 e. The van der Waals surface area contributed by atoms with Gasteiger partial charge in [0.15, 0.2) is 5.71 Å². The smallest absolute Gasteiger partial charge is 0.353 e. The maximum absolute atomic E-state index is 11.8. The highest BCUT2D eigenvalue weighted by Crippen LogP contribution is 2.13. The molecule has 0 aromatic heterocycles. The summed E-state index contributed by atoms with van der Waals surface area (Å²) in [6.07, 6.45) is 0.137. The summed E-state index contributed by atoms with van der Waals surface area (Å²) >= 11 is 0. The summed E-state index contributed by atoms with van der Waals surface area (Å²) in [7, 11) is 1.99. The Morgan fingerprint density at radius 1 is 1.59 bits per heavy atom. The number of carboxylic acids is 1. The first-order chi connectivity index (χ1) is 8.06. The molecule has 2 heterocycles. The van der Waals surface area contributed by atoms with Crippen molar-refractivity contribution >= 4 is 17.6 Å². The minimum Gasteiger partial charge on any atom is -0.477 e. The molecule has 17 heavy (non-hydrogen) atoms. The number of oxime groups is 1. The molecule has 7 heteroatoms. The Labute approximate surface area is 98.4 Å². The molecule has 7 nitrogen and oxygen atoms in total. The van der Waals surface area contributed by atoms with Crippen LogP contribution in [-0.2, 0) is 14.4 Å². The van der Waals surface area contributed by atoms with E-state index in [4.69, 9.17) is 9.94 Å². The molecule has 0 spiro atoms. The molecule has 0 aromatic carbocycles. The molecule has 1 saturated heterocycles. The molecule has 2 unspecified atom stereocenters. The lowest BCUT2D eigenvalue weighted by molar-refractivity contribution is -0.131. The van der Waals surface area contributed by atoms with Gasteiger partial charge in [0, 0.05) is 19.0 Å². The second kappa shape index (κ2) is 4.70. The molecule has 2 aliphatic heterocycles. The second-order valence-electron chi connectivity index (χ2n) is 4.40. The van der Waals surface area contributed by atoms with Crippen LogP contribution in [0.15, 0.2) is 5.16 Å². The number of nitrogens with zero attached hydrogens (tertiary/aromatic N) is 2. The van der Waals surface area contributed by atoms with Crippen molar-refractivity contribution in [2.24, 2.45) is 5.16 Å². The number of likely N-dealkylation sites (tertiary alicyclic amines) is 1. The maximum atomic E-state index is 11.8. The van der Waals surface area contributed by atoms with Gasteiger partial charge in [-0.3, -0.25) is 4.79 Å². The molecule has 0 aromatic rings. The summed E-state index contributed by atoms with van der Waals surface area (Å²) in [5, 5.41) is 14.9. The summed E-state index contributed by atoms with van der Waals surface area (Å²) in [4.78, 5) is 29.3. The Balaban J connectivity index is 1.81. The molecule has 2 N–H and O–H groups in total. The van der Waals surface area contributed by atoms with Crippen molar-refractivity contribution in [1.29, 1.82) is 0 Å². The van der Waals surface area contributed by atoms with Crippen molar-refractivity contribution in [3.05, 3.63) is 0 Å². The summed E-state index contributed by atoms with van der Waals surface area (Å²) in [6, 6.07) is 0.116. The number of aliphatic carboxylic acids is 1. The molecule has 2 aliphatic rings. The zero-order chi connectivity index (χ0) is 12.4. The van der Waals surface area contributed by atoms with Crippen LogP contribution in [0.5, 0.6) is 0 Å². The number of carbonyl (C=O) groups excluding carboxylic acids is 1. The monoisotopic (exact) mass is 241 g/mol. The van der Waals surface area contributed by atoms with Gasteiger partial charge >= 0.3 is 5.97 Å². The van der Waals surface area contributed by atoms with Crippen molar-refractivity contribution in [3.8, 4) is 0 Å². The van der Waals surface area contributed by atoms with Crippen LogP contribution >= 0.6 is 0 Å². The SMILES string of the molecule is CN1CCC(NC(=O)C2CC(C(=O)O)=NO2)C1. The van der Waals surface area contributed by atoms with Gasteiger partial charge in [-0.2, -0.15) is 0 Å². The van der Waals surface area contributed by atoms with Gasteiger partial charge in [-0.05, 0) is 20.0 Å². The molecule has 2 rings (SSSR count). The first kappa shape index (κ1) is 11.8. The van der Waals surface area contributed by atoms with E-state index in [2.05, 4.69) is 15.4 Å². The quantitative estimate of drug-likeness (QED) is 0.663. The van der Waals surface area contributed by atoms with Crippen molar-refractivity contribution in [2.75, 3.05) is 20.1 Å². The summed E-state index contributed by atoms with van der Waals surface area (Å²) in [5.41, 5.74) is -0.103. The molecule has 1 amide bonds. The van der Waals surface area contributed by atoms with E-state index in [-0.39, 0.29) is 24.1 Å². The highest BCUT2D eigenvalue weighted by atomic mass is 16.6. The highest BCUT2D eigenvalue weighted by Gasteiger charge is 2.33. The van der Waals surface area contributed by atoms with Crippen molar-refractivity contribution < 1.29 is 19.5 Å². The van der Waals surface area contributed by atoms with Crippen LogP contribution in [-0.4, -0.2) is 59.9 Å². The van der Waals surface area contributed by atoms with E-state index >= 15 is 0 Å². The zero-order valence-electron chi connectivity index (χ0n) is 9.55. The lowest BCUT2D eigenvalue weighted by Crippen LogP contribution is -2.42. The average molecular weight is 241 g/mol. The fraction of sp³-hybridized carbons (Fsp3) is 0.700. The van der Waals surface area contributed by atoms with E-state index in [0.29, 0.717) is 0 Å². The van der Waals surface area contributed by atoms with Crippen LogP contribution in [0, 0.1) is 0 Å². The third-order valence-electron chi connectivity index (χ3n) is 2.95. The van der Waals surface area contributed by atoms with Gasteiger partial charge in [0.1, 0.15) is 0 Å². The standard InChI is InChI=1S/C10H15N3O4/c1-13-3-2-6(5-13)11-9(14)8-4-7(10(15)16)12-17-8/h6,8H,2-5H2,1H3,(H,11,14)(H,15,16). The number of likely N-dealkylation sites (N-methyl/N-ethyl adjacent to an activating group) is 1. The molecule has 1 fully saturated rings. The minimum absolute atomic E-state index is 0.0315. The fourth-order valence-corrected chi connectivity index (χ4v) is 1.99. The first-order valence-electron chi connectivity index (χ1n) is 5.51. The van der Waals surface area contributed by atoms with E-state index in [1.54, 1.807) is 0 Å². The molecule has 0 saturated carbocycles. The molecule has 0 radical (unpaired) electrons. The van der Waals surface area contributed by atoms with Crippen molar-refractivity contribution in [2.45, 2.75) is 25.0 Å². The average Bonchev–Trinajstić information content (AvgIpc) is 2.86. The van der Waals surface area contributed by atoms with E-state index in [9.17, 15) is 9.59 Å². The van der Waals surface area contributed by atoms with E-state index < -0.39 is 12.1 Å². The van der Waals surface area contributed by atoms with Gasteiger partial charge in [0.2, 0.25) is 6.10 Å². The number of nitrogens with one attached hydrogen (secondary N) is 1. The number of hydrogen-bond donors (Lipinski definition) is 2. The van der Waals surface area contributed by atoms with Gasteiger partial charge in [0.25, 0.3) is 5.91 Å². The number of carboxylic acid groups (broad SMARTS) is 1. The summed E-state index contributed by atoms with van der Waals surface area (Å²) in [5.74, 6) is -1.42. The van der Waals surface area contributed by atoms with Crippen molar-refractivity contribution in [1.82, 2.24) is 10.2 Å². The van der Waals surface area contributed by atoms with Crippen LogP contribution in [0.1, 0.15) is 12.8 Å². The Morgan fingerprint density at radius 3 is 2.88 bits per heavy atom. The highest BCUT2D eigenvalue weighted by molar-refractivity contribution is 6.36. The number of amides is 1. The number of rotatable bonds is 3. The Morgan fingerprint density at radius 2 is 2.35 bits per heavy atom. The maximum Gasteiger partial charge on any atom is 0.353 e. The topological polar surface area (TPSA) is 91.2 Å². The summed E-state index contributed by atoms with van der Waals surface area (Å²) in [6.45, 7) is 1.76. The molecule has 0 aliphatic carbocycles. The lowest BCUT2D eigenvalue weighted by Gasteiger charge is -2.15. The van der Waals surface area contributed by atoms with Crippen LogP contribution in [0.4, 0.5) is 0 Å². The lowest BCUT2D eigenvalue weighted by atomic mass is 10.1. The van der Waals surface area contributed by atoms with E-state index in [0.717, 1.165) is 19.5 Å². The first-order valence-corrected chi connectivity index (χ1v) is 5.51. The molecule has 0 bridgehead atoms. The number of hydrogen-bond acceptors (Lipinski definition) is 5. The van der Waals surface area contributed by atoms with E-state index in [1.165, 1.54) is 0 Å². The minimum atomic E-state index is -1.14. The third-order valence-corrected chi connectivity index (χ3v) is 2.95. The molecular formula is C10H15N3O4. The van der Waals surface area contributed by atoms with Crippen molar-refractivity contribution in [3.63, 3.8) is 0 Å². The molecule has 2 atom stereocenters. The predicted molar refractivity (Wildman–Crippen MR) is 58.6 cm³/mol. The van der Waals surface area contributed by atoms with Gasteiger partial charge in [-0.15, -0.1) is 0 Å². The normalized spacial score (nSPS) is 28.6. The molecular weight excluding hydrogens is 226 g/mol. The van der Waals surface area contributed by atoms with Crippen LogP contribution in [0.2, 0.25) is 0 Å². The second-order valence-corrected chi connectivity index (χ2v) is 4.40. The zero-order valence-corrected chi connectivity index (χ0v) is 9.55. The number of carbonyl (C=O) groups is 2. The molecule has 94 valence electrons. The third kappa shape index (κ3) is 2.73. The Bertz CT molecular complexity index is 369. The fourth-order valence-electron chi connectivity index (χ4n) is 1.99.